The van der Waals surface area contributed by atoms with Crippen LogP contribution in [-0.2, 0) is 0 Å². The lowest BCUT2D eigenvalue weighted by Crippen LogP contribution is -2.46. The van der Waals surface area contributed by atoms with Gasteiger partial charge < -0.3 is 10.2 Å². The Balaban J connectivity index is 0.00000117. The maximum Gasteiger partial charge on any atom is 0.137 e. The molecular weight excluding hydrogens is 356 g/mol. The van der Waals surface area contributed by atoms with Crippen molar-refractivity contribution in [2.45, 2.75) is 78.3 Å². The number of piperidine rings is 1. The van der Waals surface area contributed by atoms with Gasteiger partial charge in [-0.25, -0.2) is 9.97 Å². The van der Waals surface area contributed by atoms with E-state index in [0.717, 1.165) is 28.3 Å². The van der Waals surface area contributed by atoms with E-state index < -0.39 is 0 Å². The molecule has 1 N–H and O–H groups in total. The van der Waals surface area contributed by atoms with E-state index in [1.54, 1.807) is 6.33 Å². The van der Waals surface area contributed by atoms with Crippen LogP contribution < -0.4 is 5.32 Å². The first kappa shape index (κ1) is 21.8. The normalized spacial score (nSPS) is 24.4. The Bertz CT molecular complexity index is 796. The standard InChI is InChI=1S/C23H32N4.C2H6/c1-4-17-5-10-21-20(15-17)22(25-16-24-21)26-18-6-8-19(9-7-18)27-13-11-23(2,3)12-14-27;1-2/h4-5,10,15-16,18-19H,1,6-9,11-14H2,2-3H3,(H,24,25,26);1-2H3. The number of benzene rings is 1. The fourth-order valence-electron chi connectivity index (χ4n) is 4.59. The number of fused-ring (bicyclic) bond motifs is 1. The van der Waals surface area contributed by atoms with Crippen molar-refractivity contribution in [2.75, 3.05) is 18.4 Å². The molecule has 1 aliphatic carbocycles. The summed E-state index contributed by atoms with van der Waals surface area (Å²) >= 11 is 0. The zero-order valence-corrected chi connectivity index (χ0v) is 18.7. The van der Waals surface area contributed by atoms with Gasteiger partial charge in [-0.2, -0.15) is 0 Å². The van der Waals surface area contributed by atoms with Gasteiger partial charge in [0.15, 0.2) is 0 Å². The van der Waals surface area contributed by atoms with Crippen LogP contribution in [0.1, 0.15) is 71.8 Å². The van der Waals surface area contributed by atoms with Crippen molar-refractivity contribution in [1.29, 1.82) is 0 Å². The van der Waals surface area contributed by atoms with E-state index in [9.17, 15) is 0 Å². The first-order valence-electron chi connectivity index (χ1n) is 11.4. The molecule has 1 saturated carbocycles. The molecule has 1 aromatic carbocycles. The average molecular weight is 395 g/mol. The molecule has 1 aliphatic heterocycles. The maximum absolute atomic E-state index is 4.53. The molecule has 2 aliphatic rings. The first-order chi connectivity index (χ1) is 14.0. The van der Waals surface area contributed by atoms with E-state index in [2.05, 4.69) is 52.7 Å². The largest absolute Gasteiger partial charge is 0.367 e. The third-order valence-electron chi connectivity index (χ3n) is 6.60. The average Bonchev–Trinajstić information content (AvgIpc) is 2.76. The predicted molar refractivity (Wildman–Crippen MR) is 125 cm³/mol. The molecule has 4 rings (SSSR count). The van der Waals surface area contributed by atoms with E-state index in [-0.39, 0.29) is 0 Å². The number of hydrogen-bond donors (Lipinski definition) is 1. The van der Waals surface area contributed by atoms with Crippen LogP contribution in [0.5, 0.6) is 0 Å². The Morgan fingerprint density at radius 1 is 1.07 bits per heavy atom. The summed E-state index contributed by atoms with van der Waals surface area (Å²) in [5.74, 6) is 0.965. The summed E-state index contributed by atoms with van der Waals surface area (Å²) in [4.78, 5) is 11.7. The van der Waals surface area contributed by atoms with Crippen LogP contribution in [0.25, 0.3) is 17.0 Å². The SMILES string of the molecule is C=Cc1ccc2ncnc(NC3CCC(N4CCC(C)(C)CC4)CC3)c2c1.CC. The minimum Gasteiger partial charge on any atom is -0.367 e. The summed E-state index contributed by atoms with van der Waals surface area (Å²) in [6.45, 7) is 15.3. The molecule has 0 bridgehead atoms. The molecule has 2 fully saturated rings. The van der Waals surface area contributed by atoms with Gasteiger partial charge in [-0.1, -0.05) is 46.4 Å². The molecule has 1 saturated heterocycles. The monoisotopic (exact) mass is 394 g/mol. The summed E-state index contributed by atoms with van der Waals surface area (Å²) < 4.78 is 0. The van der Waals surface area contributed by atoms with Crippen molar-refractivity contribution >= 4 is 22.8 Å². The minimum atomic E-state index is 0.507. The number of nitrogens with one attached hydrogen (secondary N) is 1. The summed E-state index contributed by atoms with van der Waals surface area (Å²) in [6.07, 6.45) is 11.2. The smallest absolute Gasteiger partial charge is 0.137 e. The summed E-state index contributed by atoms with van der Waals surface area (Å²) in [5, 5.41) is 4.80. The van der Waals surface area contributed by atoms with Crippen LogP contribution in [0.15, 0.2) is 31.1 Å². The highest BCUT2D eigenvalue weighted by Crippen LogP contribution is 2.34. The fourth-order valence-corrected chi connectivity index (χ4v) is 4.59. The predicted octanol–water partition coefficient (Wildman–Crippen LogP) is 6.14. The van der Waals surface area contributed by atoms with E-state index in [1.807, 2.05) is 26.0 Å². The molecule has 1 aromatic heterocycles. The molecule has 0 radical (unpaired) electrons. The van der Waals surface area contributed by atoms with E-state index in [0.29, 0.717) is 11.5 Å². The van der Waals surface area contributed by atoms with Crippen molar-refractivity contribution in [3.63, 3.8) is 0 Å². The number of likely N-dealkylation sites (tertiary alicyclic amines) is 1. The van der Waals surface area contributed by atoms with Gasteiger partial charge in [0.05, 0.1) is 5.52 Å². The van der Waals surface area contributed by atoms with Gasteiger partial charge in [0.25, 0.3) is 0 Å². The lowest BCUT2D eigenvalue weighted by molar-refractivity contribution is 0.0747. The molecule has 0 atom stereocenters. The highest BCUT2D eigenvalue weighted by Gasteiger charge is 2.31. The van der Waals surface area contributed by atoms with E-state index >= 15 is 0 Å². The van der Waals surface area contributed by atoms with E-state index in [4.69, 9.17) is 0 Å². The highest BCUT2D eigenvalue weighted by molar-refractivity contribution is 5.90. The van der Waals surface area contributed by atoms with Crippen molar-refractivity contribution in [2.24, 2.45) is 5.41 Å². The maximum atomic E-state index is 4.53. The summed E-state index contributed by atoms with van der Waals surface area (Å²) in [6, 6.07) is 7.51. The van der Waals surface area contributed by atoms with Crippen LogP contribution in [0, 0.1) is 5.41 Å². The third kappa shape index (κ3) is 5.36. The van der Waals surface area contributed by atoms with Gasteiger partial charge in [-0.15, -0.1) is 0 Å². The Labute approximate surface area is 176 Å². The number of aromatic nitrogens is 2. The molecule has 0 spiro atoms. The minimum absolute atomic E-state index is 0.507. The first-order valence-corrected chi connectivity index (χ1v) is 11.4. The van der Waals surface area contributed by atoms with Gasteiger partial charge >= 0.3 is 0 Å². The zero-order chi connectivity index (χ0) is 20.9. The van der Waals surface area contributed by atoms with Gasteiger partial charge in [0.1, 0.15) is 12.1 Å². The summed E-state index contributed by atoms with van der Waals surface area (Å²) in [7, 11) is 0. The molecular formula is C25H38N4. The van der Waals surface area contributed by atoms with Crippen LogP contribution in [0.2, 0.25) is 0 Å². The molecule has 2 heterocycles. The number of nitrogens with zero attached hydrogens (tertiary/aromatic N) is 3. The number of hydrogen-bond acceptors (Lipinski definition) is 4. The Kier molecular flexibility index (Phi) is 7.28. The van der Waals surface area contributed by atoms with E-state index in [1.165, 1.54) is 51.6 Å². The van der Waals surface area contributed by atoms with Crippen LogP contribution >= 0.6 is 0 Å². The molecule has 0 amide bonds. The van der Waals surface area contributed by atoms with Crippen molar-refractivity contribution in [1.82, 2.24) is 14.9 Å². The Morgan fingerprint density at radius 2 is 1.76 bits per heavy atom. The second-order valence-corrected chi connectivity index (χ2v) is 9.05. The Morgan fingerprint density at radius 3 is 2.41 bits per heavy atom. The summed E-state index contributed by atoms with van der Waals surface area (Å²) in [5.41, 5.74) is 2.63. The van der Waals surface area contributed by atoms with Gasteiger partial charge in [-0.3, -0.25) is 0 Å². The topological polar surface area (TPSA) is 41.1 Å². The van der Waals surface area contributed by atoms with Crippen LogP contribution in [0.4, 0.5) is 5.82 Å². The van der Waals surface area contributed by atoms with Crippen molar-refractivity contribution in [3.8, 4) is 0 Å². The molecule has 4 nitrogen and oxygen atoms in total. The Hall–Kier alpha value is -1.94. The third-order valence-corrected chi connectivity index (χ3v) is 6.60. The molecule has 158 valence electrons. The molecule has 29 heavy (non-hydrogen) atoms. The van der Waals surface area contributed by atoms with Crippen molar-refractivity contribution in [3.05, 3.63) is 36.7 Å². The molecule has 0 unspecified atom stereocenters. The second kappa shape index (κ2) is 9.71. The fraction of sp³-hybridized carbons (Fsp3) is 0.600. The molecule has 2 aromatic rings. The van der Waals surface area contributed by atoms with Crippen LogP contribution in [0.3, 0.4) is 0 Å². The van der Waals surface area contributed by atoms with Crippen LogP contribution in [-0.4, -0.2) is 40.0 Å². The van der Waals surface area contributed by atoms with Crippen molar-refractivity contribution < 1.29 is 0 Å². The quantitative estimate of drug-likeness (QED) is 0.676. The highest BCUT2D eigenvalue weighted by atomic mass is 15.2. The van der Waals surface area contributed by atoms with Gasteiger partial charge in [0.2, 0.25) is 0 Å². The number of anilines is 1. The lowest BCUT2D eigenvalue weighted by Gasteiger charge is -2.43. The lowest BCUT2D eigenvalue weighted by atomic mass is 9.81. The van der Waals surface area contributed by atoms with Gasteiger partial charge in [0, 0.05) is 17.5 Å². The van der Waals surface area contributed by atoms with Gasteiger partial charge in [-0.05, 0) is 74.7 Å². The zero-order valence-electron chi connectivity index (χ0n) is 18.7. The molecule has 4 heteroatoms. The number of rotatable bonds is 4. The second-order valence-electron chi connectivity index (χ2n) is 9.05.